The van der Waals surface area contributed by atoms with Crippen LogP contribution in [0.5, 0.6) is 17.2 Å². The lowest BCUT2D eigenvalue weighted by Crippen LogP contribution is -2.37. The van der Waals surface area contributed by atoms with E-state index in [9.17, 15) is 4.79 Å². The number of nitrogens with zero attached hydrogens (tertiary/aromatic N) is 2. The molecular formula is C30H38FN3O5. The number of halogens is 1. The number of ether oxygens (including phenoxy) is 4. The zero-order valence-corrected chi connectivity index (χ0v) is 23.7. The number of carbonyl (C=O) groups is 1. The predicted molar refractivity (Wildman–Crippen MR) is 149 cm³/mol. The van der Waals surface area contributed by atoms with Crippen molar-refractivity contribution in [2.75, 3.05) is 51.5 Å². The first kappa shape index (κ1) is 28.4. The Hall–Kier alpha value is -3.59. The second-order valence-corrected chi connectivity index (χ2v) is 10.5. The number of fused-ring (bicyclic) bond motifs is 1. The van der Waals surface area contributed by atoms with Gasteiger partial charge in [0.2, 0.25) is 0 Å². The minimum Gasteiger partial charge on any atom is -0.494 e. The summed E-state index contributed by atoms with van der Waals surface area (Å²) in [5.41, 5.74) is 1.89. The number of methoxy groups -OCH3 is 1. The molecule has 1 aliphatic rings. The number of pyridine rings is 1. The van der Waals surface area contributed by atoms with Gasteiger partial charge < -0.3 is 28.4 Å². The highest BCUT2D eigenvalue weighted by Crippen LogP contribution is 2.41. The fourth-order valence-electron chi connectivity index (χ4n) is 4.89. The Labute approximate surface area is 228 Å². The zero-order valence-electron chi connectivity index (χ0n) is 23.7. The molecule has 0 amide bonds. The number of hydrogen-bond donors (Lipinski definition) is 1. The summed E-state index contributed by atoms with van der Waals surface area (Å²) in [5, 5.41) is 9.36. The molecule has 0 saturated carbocycles. The first-order chi connectivity index (χ1) is 18.6. The molecule has 210 valence electrons. The molecular weight excluding hydrogens is 501 g/mol. The number of rotatable bonds is 9. The Balaban J connectivity index is 1.78. The Morgan fingerprint density at radius 2 is 1.77 bits per heavy atom. The smallest absolute Gasteiger partial charge is 0.197 e. The monoisotopic (exact) mass is 539 g/mol. The minimum absolute atomic E-state index is 0.0236. The first-order valence-electron chi connectivity index (χ1n) is 13.3. The molecule has 9 heteroatoms. The summed E-state index contributed by atoms with van der Waals surface area (Å²) in [4.78, 5) is 15.9. The number of aromatic nitrogens is 1. The Bertz CT molecular complexity index is 1420. The van der Waals surface area contributed by atoms with E-state index >= 15 is 4.39 Å². The molecule has 1 N–H and O–H groups in total. The van der Waals surface area contributed by atoms with E-state index < -0.39 is 5.82 Å². The van der Waals surface area contributed by atoms with Crippen LogP contribution in [0.4, 0.5) is 10.1 Å². The van der Waals surface area contributed by atoms with Gasteiger partial charge in [-0.15, -0.1) is 0 Å². The maximum atomic E-state index is 15.6. The van der Waals surface area contributed by atoms with Gasteiger partial charge in [-0.05, 0) is 48.9 Å². The zero-order chi connectivity index (χ0) is 28.3. The Morgan fingerprint density at radius 1 is 1.08 bits per heavy atom. The number of anilines is 1. The SMILES string of the molecule is CCOc1cc2ccn(CC(=O)c3cc(N4CCOCC4)c(OC)c(C(C)(C)C)c3)c(=N)c2c(F)c1OCC. The van der Waals surface area contributed by atoms with Gasteiger partial charge in [-0.1, -0.05) is 20.8 Å². The van der Waals surface area contributed by atoms with Crippen LogP contribution >= 0.6 is 0 Å². The molecule has 0 atom stereocenters. The van der Waals surface area contributed by atoms with Gasteiger partial charge in [-0.3, -0.25) is 10.2 Å². The second-order valence-electron chi connectivity index (χ2n) is 10.5. The minimum atomic E-state index is -0.668. The number of ketones is 1. The first-order valence-corrected chi connectivity index (χ1v) is 13.3. The number of carbonyl (C=O) groups excluding carboxylic acids is 1. The van der Waals surface area contributed by atoms with Crippen molar-refractivity contribution in [3.8, 4) is 17.2 Å². The molecule has 8 nitrogen and oxygen atoms in total. The normalized spacial score (nSPS) is 14.0. The van der Waals surface area contributed by atoms with E-state index in [1.807, 2.05) is 19.1 Å². The Kier molecular flexibility index (Phi) is 8.49. The van der Waals surface area contributed by atoms with Crippen LogP contribution in [0.3, 0.4) is 0 Å². The lowest BCUT2D eigenvalue weighted by atomic mass is 9.84. The molecule has 1 fully saturated rings. The van der Waals surface area contributed by atoms with Crippen LogP contribution in [0.25, 0.3) is 10.8 Å². The maximum absolute atomic E-state index is 15.6. The van der Waals surface area contributed by atoms with E-state index in [0.717, 1.165) is 17.0 Å². The summed E-state index contributed by atoms with van der Waals surface area (Å²) in [5.74, 6) is 0.160. The van der Waals surface area contributed by atoms with Crippen molar-refractivity contribution < 1.29 is 28.1 Å². The van der Waals surface area contributed by atoms with Gasteiger partial charge in [0.15, 0.2) is 23.1 Å². The van der Waals surface area contributed by atoms with Gasteiger partial charge >= 0.3 is 0 Å². The standard InChI is InChI=1S/C30H38FN3O5/c1-7-38-24-17-19-9-10-34(29(32)25(19)26(31)28(24)39-8-2)18-23(35)20-15-21(30(3,4)5)27(36-6)22(16-20)33-11-13-37-14-12-33/h9-10,15-17,32H,7-8,11-14,18H2,1-6H3. The van der Waals surface area contributed by atoms with Gasteiger partial charge in [-0.25, -0.2) is 4.39 Å². The van der Waals surface area contributed by atoms with E-state index in [1.54, 1.807) is 32.4 Å². The van der Waals surface area contributed by atoms with Gasteiger partial charge in [-0.2, -0.15) is 0 Å². The molecule has 2 heterocycles. The summed E-state index contributed by atoms with van der Waals surface area (Å²) in [7, 11) is 1.65. The predicted octanol–water partition coefficient (Wildman–Crippen LogP) is 5.08. The van der Waals surface area contributed by atoms with Crippen LogP contribution in [0.1, 0.15) is 50.5 Å². The molecule has 0 spiro atoms. The van der Waals surface area contributed by atoms with Crippen molar-refractivity contribution >= 4 is 22.2 Å². The maximum Gasteiger partial charge on any atom is 0.197 e. The van der Waals surface area contributed by atoms with Crippen molar-refractivity contribution in [3.05, 3.63) is 52.9 Å². The highest BCUT2D eigenvalue weighted by molar-refractivity contribution is 5.98. The van der Waals surface area contributed by atoms with Crippen LogP contribution in [0.2, 0.25) is 0 Å². The molecule has 1 aromatic heterocycles. The lowest BCUT2D eigenvalue weighted by Gasteiger charge is -2.33. The quantitative estimate of drug-likeness (QED) is 0.382. The molecule has 3 aromatic rings. The van der Waals surface area contributed by atoms with Crippen LogP contribution in [0, 0.1) is 11.2 Å². The summed E-state index contributed by atoms with van der Waals surface area (Å²) < 4.78 is 39.6. The lowest BCUT2D eigenvalue weighted by molar-refractivity contribution is 0.0970. The van der Waals surface area contributed by atoms with Gasteiger partial charge in [0.1, 0.15) is 11.2 Å². The van der Waals surface area contributed by atoms with Crippen LogP contribution in [-0.2, 0) is 16.7 Å². The largest absolute Gasteiger partial charge is 0.494 e. The summed E-state index contributed by atoms with van der Waals surface area (Å²) in [6.07, 6.45) is 1.63. The molecule has 0 radical (unpaired) electrons. The number of nitrogens with one attached hydrogen (secondary N) is 1. The van der Waals surface area contributed by atoms with E-state index in [0.29, 0.717) is 49.6 Å². The highest BCUT2D eigenvalue weighted by Gasteiger charge is 2.27. The molecule has 0 unspecified atom stereocenters. The molecule has 4 rings (SSSR count). The fourth-order valence-corrected chi connectivity index (χ4v) is 4.89. The second kappa shape index (κ2) is 11.7. The van der Waals surface area contributed by atoms with Crippen molar-refractivity contribution in [3.63, 3.8) is 0 Å². The summed E-state index contributed by atoms with van der Waals surface area (Å²) >= 11 is 0. The number of morpholine rings is 1. The van der Waals surface area contributed by atoms with Gasteiger partial charge in [0, 0.05) is 30.4 Å². The molecule has 0 bridgehead atoms. The fraction of sp³-hybridized carbons (Fsp3) is 0.467. The van der Waals surface area contributed by atoms with E-state index in [2.05, 4.69) is 25.7 Å². The number of Topliss-reactive ketones (excluding diaryl/α,β-unsaturated/α-hetero) is 1. The molecule has 1 saturated heterocycles. The molecule has 1 aliphatic heterocycles. The molecule has 0 aliphatic carbocycles. The van der Waals surface area contributed by atoms with Crippen molar-refractivity contribution in [1.29, 1.82) is 5.41 Å². The van der Waals surface area contributed by atoms with E-state index in [-0.39, 0.29) is 41.0 Å². The number of hydrogen-bond acceptors (Lipinski definition) is 7. The molecule has 2 aromatic carbocycles. The summed E-state index contributed by atoms with van der Waals surface area (Å²) in [6.45, 7) is 12.9. The van der Waals surface area contributed by atoms with Gasteiger partial charge in [0.25, 0.3) is 0 Å². The number of benzene rings is 2. The topological polar surface area (TPSA) is 86.0 Å². The average molecular weight is 540 g/mol. The van der Waals surface area contributed by atoms with Crippen LogP contribution in [0.15, 0.2) is 30.5 Å². The third-order valence-electron chi connectivity index (χ3n) is 6.83. The average Bonchev–Trinajstić information content (AvgIpc) is 2.91. The van der Waals surface area contributed by atoms with Crippen LogP contribution in [-0.4, -0.2) is 57.0 Å². The molecule has 39 heavy (non-hydrogen) atoms. The van der Waals surface area contributed by atoms with Crippen LogP contribution < -0.4 is 24.6 Å². The third kappa shape index (κ3) is 5.73. The van der Waals surface area contributed by atoms with Crippen molar-refractivity contribution in [2.24, 2.45) is 0 Å². The van der Waals surface area contributed by atoms with Crippen molar-refractivity contribution in [1.82, 2.24) is 4.57 Å². The van der Waals surface area contributed by atoms with Gasteiger partial charge in [0.05, 0.1) is 51.2 Å². The Morgan fingerprint density at radius 3 is 2.38 bits per heavy atom. The summed E-state index contributed by atoms with van der Waals surface area (Å²) in [6, 6.07) is 7.09. The third-order valence-corrected chi connectivity index (χ3v) is 6.83. The van der Waals surface area contributed by atoms with E-state index in [1.165, 1.54) is 4.57 Å². The van der Waals surface area contributed by atoms with E-state index in [4.69, 9.17) is 24.4 Å². The van der Waals surface area contributed by atoms with Crippen molar-refractivity contribution in [2.45, 2.75) is 46.6 Å². The highest BCUT2D eigenvalue weighted by atomic mass is 19.1.